The average Bonchev–Trinajstić information content (AvgIpc) is 2.36. The molecule has 0 saturated carbocycles. The summed E-state index contributed by atoms with van der Waals surface area (Å²) in [5.74, 6) is -1.04. The lowest BCUT2D eigenvalue weighted by Gasteiger charge is -2.26. The highest BCUT2D eigenvalue weighted by molar-refractivity contribution is 5.92. The maximum absolute atomic E-state index is 12.1. The molecule has 5 nitrogen and oxygen atoms in total. The minimum absolute atomic E-state index is 0.110. The Hall–Kier alpha value is -2.04. The summed E-state index contributed by atoms with van der Waals surface area (Å²) in [5, 5.41) is 11.7. The van der Waals surface area contributed by atoms with Gasteiger partial charge in [0.1, 0.15) is 6.04 Å². The van der Waals surface area contributed by atoms with Crippen molar-refractivity contribution in [2.24, 2.45) is 0 Å². The van der Waals surface area contributed by atoms with E-state index in [1.807, 2.05) is 24.3 Å². The summed E-state index contributed by atoms with van der Waals surface area (Å²) in [6.07, 6.45) is 0. The first-order chi connectivity index (χ1) is 9.14. The van der Waals surface area contributed by atoms with Gasteiger partial charge < -0.3 is 15.3 Å². The van der Waals surface area contributed by atoms with E-state index in [-0.39, 0.29) is 5.41 Å². The molecule has 5 heteroatoms. The van der Waals surface area contributed by atoms with Crippen LogP contribution < -0.4 is 5.32 Å². The largest absolute Gasteiger partial charge is 0.480 e. The summed E-state index contributed by atoms with van der Waals surface area (Å²) in [4.78, 5) is 24.2. The summed E-state index contributed by atoms with van der Waals surface area (Å²) >= 11 is 0. The first-order valence-corrected chi connectivity index (χ1v) is 6.50. The Labute approximate surface area is 119 Å². The molecule has 20 heavy (non-hydrogen) atoms. The molecule has 110 valence electrons. The molecular weight excluding hydrogens is 256 g/mol. The highest BCUT2D eigenvalue weighted by atomic mass is 16.4. The van der Waals surface area contributed by atoms with Crippen molar-refractivity contribution < 1.29 is 14.7 Å². The third-order valence-corrected chi connectivity index (χ3v) is 3.24. The zero-order valence-electron chi connectivity index (χ0n) is 12.6. The number of nitrogens with one attached hydrogen (secondary N) is 1. The molecule has 1 rings (SSSR count). The normalized spacial score (nSPS) is 12.7. The number of amides is 2. The summed E-state index contributed by atoms with van der Waals surface area (Å²) in [6, 6.07) is 6.22. The number of aliphatic carboxylic acids is 1. The van der Waals surface area contributed by atoms with Crippen LogP contribution >= 0.6 is 0 Å². The molecule has 0 heterocycles. The SMILES string of the molecule is CC(C(=O)O)N(C)C(=O)Nc1ccccc1C(C)(C)C. The molecule has 2 N–H and O–H groups in total. The number of hydrogen-bond donors (Lipinski definition) is 2. The van der Waals surface area contributed by atoms with E-state index in [0.29, 0.717) is 5.69 Å². The van der Waals surface area contributed by atoms with Gasteiger partial charge in [-0.25, -0.2) is 9.59 Å². The van der Waals surface area contributed by atoms with Gasteiger partial charge in [-0.2, -0.15) is 0 Å². The summed E-state index contributed by atoms with van der Waals surface area (Å²) in [6.45, 7) is 7.64. The minimum Gasteiger partial charge on any atom is -0.480 e. The van der Waals surface area contributed by atoms with E-state index in [1.165, 1.54) is 18.9 Å². The van der Waals surface area contributed by atoms with Gasteiger partial charge in [-0.1, -0.05) is 39.0 Å². The van der Waals surface area contributed by atoms with Crippen molar-refractivity contribution in [3.8, 4) is 0 Å². The van der Waals surface area contributed by atoms with Crippen LogP contribution in [-0.4, -0.2) is 35.1 Å². The van der Waals surface area contributed by atoms with Crippen molar-refractivity contribution in [3.05, 3.63) is 29.8 Å². The fourth-order valence-electron chi connectivity index (χ4n) is 1.79. The summed E-state index contributed by atoms with van der Waals surface area (Å²) in [7, 11) is 1.47. The second-order valence-corrected chi connectivity index (χ2v) is 5.85. The number of likely N-dealkylation sites (N-methyl/N-ethyl adjacent to an activating group) is 1. The number of anilines is 1. The molecule has 0 radical (unpaired) electrons. The first kappa shape index (κ1) is 16.0. The number of urea groups is 1. The number of hydrogen-bond acceptors (Lipinski definition) is 2. The Morgan fingerprint density at radius 1 is 1.25 bits per heavy atom. The van der Waals surface area contributed by atoms with Gasteiger partial charge in [0.2, 0.25) is 0 Å². The quantitative estimate of drug-likeness (QED) is 0.893. The van der Waals surface area contributed by atoms with E-state index in [2.05, 4.69) is 26.1 Å². The lowest BCUT2D eigenvalue weighted by Crippen LogP contribution is -2.42. The zero-order chi connectivity index (χ0) is 15.5. The highest BCUT2D eigenvalue weighted by Gasteiger charge is 2.24. The molecule has 0 spiro atoms. The van der Waals surface area contributed by atoms with E-state index in [1.54, 1.807) is 0 Å². The van der Waals surface area contributed by atoms with Gasteiger partial charge in [-0.3, -0.25) is 0 Å². The van der Waals surface area contributed by atoms with Gasteiger partial charge in [0, 0.05) is 12.7 Å². The molecule has 0 bridgehead atoms. The van der Waals surface area contributed by atoms with Gasteiger partial charge in [0.25, 0.3) is 0 Å². The van der Waals surface area contributed by atoms with Crippen molar-refractivity contribution in [3.63, 3.8) is 0 Å². The van der Waals surface area contributed by atoms with E-state index < -0.39 is 18.0 Å². The molecule has 1 atom stereocenters. The van der Waals surface area contributed by atoms with Crippen LogP contribution in [0.5, 0.6) is 0 Å². The smallest absolute Gasteiger partial charge is 0.326 e. The van der Waals surface area contributed by atoms with E-state index >= 15 is 0 Å². The van der Waals surface area contributed by atoms with Crippen LogP contribution in [0.25, 0.3) is 0 Å². The first-order valence-electron chi connectivity index (χ1n) is 6.50. The van der Waals surface area contributed by atoms with Crippen molar-refractivity contribution in [2.45, 2.75) is 39.2 Å². The topological polar surface area (TPSA) is 69.6 Å². The lowest BCUT2D eigenvalue weighted by molar-refractivity contribution is -0.141. The number of para-hydroxylation sites is 1. The maximum atomic E-state index is 12.1. The molecule has 1 aromatic carbocycles. The number of carbonyl (C=O) groups is 2. The van der Waals surface area contributed by atoms with Crippen molar-refractivity contribution >= 4 is 17.7 Å². The molecule has 2 amide bonds. The van der Waals surface area contributed by atoms with Crippen molar-refractivity contribution in [2.75, 3.05) is 12.4 Å². The fourth-order valence-corrected chi connectivity index (χ4v) is 1.79. The summed E-state index contributed by atoms with van der Waals surface area (Å²) in [5.41, 5.74) is 1.60. The van der Waals surface area contributed by atoms with Crippen LogP contribution in [0.2, 0.25) is 0 Å². The highest BCUT2D eigenvalue weighted by Crippen LogP contribution is 2.29. The molecule has 1 unspecified atom stereocenters. The Morgan fingerprint density at radius 2 is 1.80 bits per heavy atom. The number of carboxylic acid groups (broad SMARTS) is 1. The number of carbonyl (C=O) groups excluding carboxylic acids is 1. The van der Waals surface area contributed by atoms with Crippen LogP contribution in [0.15, 0.2) is 24.3 Å². The maximum Gasteiger partial charge on any atom is 0.326 e. The van der Waals surface area contributed by atoms with E-state index in [0.717, 1.165) is 5.56 Å². The van der Waals surface area contributed by atoms with Gasteiger partial charge in [0.15, 0.2) is 0 Å². The minimum atomic E-state index is -1.04. The molecule has 0 aliphatic carbocycles. The third-order valence-electron chi connectivity index (χ3n) is 3.24. The molecular formula is C15H22N2O3. The zero-order valence-corrected chi connectivity index (χ0v) is 12.6. The van der Waals surface area contributed by atoms with Crippen molar-refractivity contribution in [1.29, 1.82) is 0 Å². The Kier molecular flexibility index (Phi) is 4.76. The van der Waals surface area contributed by atoms with Crippen LogP contribution in [-0.2, 0) is 10.2 Å². The average molecular weight is 278 g/mol. The van der Waals surface area contributed by atoms with Crippen molar-refractivity contribution in [1.82, 2.24) is 4.90 Å². The number of benzene rings is 1. The molecule has 0 aromatic heterocycles. The van der Waals surface area contributed by atoms with Gasteiger partial charge in [-0.05, 0) is 24.0 Å². The number of nitrogens with zero attached hydrogens (tertiary/aromatic N) is 1. The van der Waals surface area contributed by atoms with Gasteiger partial charge in [0.05, 0.1) is 0 Å². The monoisotopic (exact) mass is 278 g/mol. The van der Waals surface area contributed by atoms with Crippen LogP contribution in [0, 0.1) is 0 Å². The second kappa shape index (κ2) is 5.94. The molecule has 0 aliphatic heterocycles. The fraction of sp³-hybridized carbons (Fsp3) is 0.467. The summed E-state index contributed by atoms with van der Waals surface area (Å²) < 4.78 is 0. The van der Waals surface area contributed by atoms with E-state index in [9.17, 15) is 9.59 Å². The van der Waals surface area contributed by atoms with E-state index in [4.69, 9.17) is 5.11 Å². The Bertz CT molecular complexity index is 506. The van der Waals surface area contributed by atoms with Crippen LogP contribution in [0.4, 0.5) is 10.5 Å². The predicted molar refractivity (Wildman–Crippen MR) is 79.0 cm³/mol. The molecule has 0 saturated heterocycles. The molecule has 0 aliphatic rings. The second-order valence-electron chi connectivity index (χ2n) is 5.85. The van der Waals surface area contributed by atoms with Crippen LogP contribution in [0.3, 0.4) is 0 Å². The Morgan fingerprint density at radius 3 is 2.30 bits per heavy atom. The standard InChI is InChI=1S/C15H22N2O3/c1-10(13(18)19)17(5)14(20)16-12-9-7-6-8-11(12)15(2,3)4/h6-10H,1-5H3,(H,16,20)(H,18,19). The number of carboxylic acids is 1. The molecule has 1 aromatic rings. The predicted octanol–water partition coefficient (Wildman–Crippen LogP) is 2.92. The van der Waals surface area contributed by atoms with Gasteiger partial charge >= 0.3 is 12.0 Å². The lowest BCUT2D eigenvalue weighted by atomic mass is 9.86. The van der Waals surface area contributed by atoms with Gasteiger partial charge in [-0.15, -0.1) is 0 Å². The Balaban J connectivity index is 2.95. The molecule has 0 fully saturated rings. The third kappa shape index (κ3) is 3.73. The number of rotatable bonds is 3. The van der Waals surface area contributed by atoms with Crippen LogP contribution in [0.1, 0.15) is 33.3 Å².